The van der Waals surface area contributed by atoms with Gasteiger partial charge in [0.25, 0.3) is 0 Å². The second-order valence-electron chi connectivity index (χ2n) is 4.08. The standard InChI is InChI=1S/C14H12ClNO3/c1-8(9(2)17)14(18)13-7-12(16-19-13)10-5-3-4-6-11(10)15/h3-7,14,18H,1H2,2H3. The molecule has 0 aliphatic heterocycles. The molecule has 0 saturated heterocycles. The molecule has 0 amide bonds. The van der Waals surface area contributed by atoms with Crippen LogP contribution in [-0.2, 0) is 4.79 Å². The Morgan fingerprint density at radius 3 is 2.79 bits per heavy atom. The van der Waals surface area contributed by atoms with Gasteiger partial charge in [0.2, 0.25) is 0 Å². The van der Waals surface area contributed by atoms with Gasteiger partial charge in [0.05, 0.1) is 5.02 Å². The quantitative estimate of drug-likeness (QED) is 0.872. The van der Waals surface area contributed by atoms with Crippen LogP contribution in [0.3, 0.4) is 0 Å². The van der Waals surface area contributed by atoms with Crippen LogP contribution in [0.25, 0.3) is 11.3 Å². The summed E-state index contributed by atoms with van der Waals surface area (Å²) >= 11 is 6.04. The van der Waals surface area contributed by atoms with E-state index >= 15 is 0 Å². The third kappa shape index (κ3) is 2.75. The summed E-state index contributed by atoms with van der Waals surface area (Å²) in [5.41, 5.74) is 1.25. The van der Waals surface area contributed by atoms with Crippen molar-refractivity contribution < 1.29 is 14.4 Å². The largest absolute Gasteiger partial charge is 0.380 e. The summed E-state index contributed by atoms with van der Waals surface area (Å²) in [5.74, 6) is -0.140. The average Bonchev–Trinajstić information content (AvgIpc) is 2.86. The lowest BCUT2D eigenvalue weighted by molar-refractivity contribution is -0.114. The first-order valence-electron chi connectivity index (χ1n) is 5.60. The fourth-order valence-electron chi connectivity index (χ4n) is 1.58. The normalized spacial score (nSPS) is 12.2. The maximum absolute atomic E-state index is 11.1. The van der Waals surface area contributed by atoms with E-state index in [1.165, 1.54) is 6.92 Å². The highest BCUT2D eigenvalue weighted by molar-refractivity contribution is 6.33. The zero-order valence-corrected chi connectivity index (χ0v) is 11.0. The maximum atomic E-state index is 11.1. The second kappa shape index (κ2) is 5.38. The molecule has 4 nitrogen and oxygen atoms in total. The fraction of sp³-hybridized carbons (Fsp3) is 0.143. The number of ketones is 1. The van der Waals surface area contributed by atoms with E-state index in [-0.39, 0.29) is 17.1 Å². The lowest BCUT2D eigenvalue weighted by Gasteiger charge is -2.06. The minimum Gasteiger partial charge on any atom is -0.380 e. The highest BCUT2D eigenvalue weighted by Gasteiger charge is 2.21. The molecule has 1 unspecified atom stereocenters. The minimum absolute atomic E-state index is 0.0573. The predicted molar refractivity (Wildman–Crippen MR) is 71.7 cm³/mol. The molecule has 0 spiro atoms. The monoisotopic (exact) mass is 277 g/mol. The molecular weight excluding hydrogens is 266 g/mol. The van der Waals surface area contributed by atoms with Crippen LogP contribution in [0.2, 0.25) is 5.02 Å². The third-order valence-electron chi connectivity index (χ3n) is 2.73. The molecule has 1 heterocycles. The zero-order chi connectivity index (χ0) is 14.0. The van der Waals surface area contributed by atoms with Gasteiger partial charge >= 0.3 is 0 Å². The Bertz CT molecular complexity index is 633. The lowest BCUT2D eigenvalue weighted by Crippen LogP contribution is -2.06. The van der Waals surface area contributed by atoms with Crippen molar-refractivity contribution in [2.45, 2.75) is 13.0 Å². The minimum atomic E-state index is -1.19. The van der Waals surface area contributed by atoms with Crippen molar-refractivity contribution in [3.8, 4) is 11.3 Å². The predicted octanol–water partition coefficient (Wildman–Crippen LogP) is 3.17. The summed E-state index contributed by atoms with van der Waals surface area (Å²) in [6, 6.07) is 8.69. The van der Waals surface area contributed by atoms with Crippen molar-refractivity contribution >= 4 is 17.4 Å². The SMILES string of the molecule is C=C(C(C)=O)C(O)c1cc(-c2ccccc2Cl)no1. The summed E-state index contributed by atoms with van der Waals surface area (Å²) < 4.78 is 5.04. The molecule has 1 aromatic heterocycles. The van der Waals surface area contributed by atoms with E-state index in [4.69, 9.17) is 16.1 Å². The van der Waals surface area contributed by atoms with Gasteiger partial charge in [-0.05, 0) is 13.0 Å². The number of aliphatic hydroxyl groups is 1. The van der Waals surface area contributed by atoms with Crippen molar-refractivity contribution in [3.63, 3.8) is 0 Å². The molecule has 0 bridgehead atoms. The summed E-state index contributed by atoms with van der Waals surface area (Å²) in [7, 11) is 0. The van der Waals surface area contributed by atoms with Crippen molar-refractivity contribution in [1.29, 1.82) is 0 Å². The smallest absolute Gasteiger partial charge is 0.170 e. The molecule has 1 atom stereocenters. The Hall–Kier alpha value is -1.91. The van der Waals surface area contributed by atoms with Gasteiger partial charge in [0.15, 0.2) is 11.5 Å². The van der Waals surface area contributed by atoms with E-state index in [1.54, 1.807) is 24.3 Å². The highest BCUT2D eigenvalue weighted by atomic mass is 35.5. The zero-order valence-electron chi connectivity index (χ0n) is 10.3. The molecule has 19 heavy (non-hydrogen) atoms. The summed E-state index contributed by atoms with van der Waals surface area (Å²) in [5, 5.41) is 14.3. The fourth-order valence-corrected chi connectivity index (χ4v) is 1.81. The molecule has 2 rings (SSSR count). The molecule has 2 aromatic rings. The van der Waals surface area contributed by atoms with E-state index in [1.807, 2.05) is 6.07 Å². The van der Waals surface area contributed by atoms with Gasteiger partial charge in [-0.3, -0.25) is 4.79 Å². The number of nitrogens with zero attached hydrogens (tertiary/aromatic N) is 1. The van der Waals surface area contributed by atoms with Crippen molar-refractivity contribution in [1.82, 2.24) is 5.16 Å². The van der Waals surface area contributed by atoms with E-state index in [2.05, 4.69) is 11.7 Å². The van der Waals surface area contributed by atoms with E-state index in [9.17, 15) is 9.90 Å². The first-order chi connectivity index (χ1) is 9.00. The topological polar surface area (TPSA) is 63.3 Å². The number of hydrogen-bond donors (Lipinski definition) is 1. The van der Waals surface area contributed by atoms with Crippen LogP contribution in [-0.4, -0.2) is 16.0 Å². The molecule has 5 heteroatoms. The molecule has 0 saturated carbocycles. The molecule has 0 fully saturated rings. The van der Waals surface area contributed by atoms with E-state index in [0.717, 1.165) is 0 Å². The number of benzene rings is 1. The van der Waals surface area contributed by atoms with E-state index < -0.39 is 6.10 Å². The van der Waals surface area contributed by atoms with Crippen LogP contribution in [0.1, 0.15) is 18.8 Å². The number of aliphatic hydroxyl groups excluding tert-OH is 1. The van der Waals surface area contributed by atoms with Crippen LogP contribution < -0.4 is 0 Å². The van der Waals surface area contributed by atoms with Gasteiger partial charge in [-0.1, -0.05) is 41.5 Å². The third-order valence-corrected chi connectivity index (χ3v) is 3.06. The molecule has 0 aliphatic carbocycles. The van der Waals surface area contributed by atoms with Crippen molar-refractivity contribution in [3.05, 3.63) is 53.3 Å². The first kappa shape index (κ1) is 13.5. The number of carbonyl (C=O) groups is 1. The number of halogens is 1. The molecule has 1 aromatic carbocycles. The van der Waals surface area contributed by atoms with Crippen LogP contribution in [0.15, 0.2) is 47.0 Å². The number of hydrogen-bond acceptors (Lipinski definition) is 4. The van der Waals surface area contributed by atoms with Gasteiger partial charge in [0.1, 0.15) is 11.8 Å². The van der Waals surface area contributed by atoms with Crippen LogP contribution in [0.4, 0.5) is 0 Å². The Kier molecular flexibility index (Phi) is 3.83. The van der Waals surface area contributed by atoms with Gasteiger partial charge in [-0.2, -0.15) is 0 Å². The second-order valence-corrected chi connectivity index (χ2v) is 4.49. The number of aromatic nitrogens is 1. The Morgan fingerprint density at radius 2 is 2.16 bits per heavy atom. The molecule has 98 valence electrons. The molecule has 0 aliphatic rings. The Labute approximate surface area is 115 Å². The average molecular weight is 278 g/mol. The molecule has 1 N–H and O–H groups in total. The van der Waals surface area contributed by atoms with Crippen LogP contribution in [0, 0.1) is 0 Å². The van der Waals surface area contributed by atoms with Crippen molar-refractivity contribution in [2.24, 2.45) is 0 Å². The lowest BCUT2D eigenvalue weighted by atomic mass is 10.0. The number of Topliss-reactive ketones (excluding diaryl/α,β-unsaturated/α-hetero) is 1. The summed E-state index contributed by atoms with van der Waals surface area (Å²) in [6.45, 7) is 4.85. The molecular formula is C14H12ClNO3. The summed E-state index contributed by atoms with van der Waals surface area (Å²) in [6.07, 6.45) is -1.19. The number of rotatable bonds is 4. The van der Waals surface area contributed by atoms with Gasteiger partial charge in [0, 0.05) is 17.2 Å². The maximum Gasteiger partial charge on any atom is 0.170 e. The molecule has 0 radical (unpaired) electrons. The highest BCUT2D eigenvalue weighted by Crippen LogP contribution is 2.30. The van der Waals surface area contributed by atoms with Gasteiger partial charge in [-0.15, -0.1) is 0 Å². The number of carbonyl (C=O) groups excluding carboxylic acids is 1. The Balaban J connectivity index is 2.32. The van der Waals surface area contributed by atoms with Crippen LogP contribution in [0.5, 0.6) is 0 Å². The van der Waals surface area contributed by atoms with E-state index in [0.29, 0.717) is 16.3 Å². The van der Waals surface area contributed by atoms with Gasteiger partial charge in [-0.25, -0.2) is 0 Å². The van der Waals surface area contributed by atoms with Gasteiger partial charge < -0.3 is 9.63 Å². The van der Waals surface area contributed by atoms with Crippen molar-refractivity contribution in [2.75, 3.05) is 0 Å². The summed E-state index contributed by atoms with van der Waals surface area (Å²) in [4.78, 5) is 11.1. The van der Waals surface area contributed by atoms with Crippen LogP contribution >= 0.6 is 11.6 Å². The Morgan fingerprint density at radius 1 is 1.47 bits per heavy atom. The first-order valence-corrected chi connectivity index (χ1v) is 5.98.